The average Bonchev–Trinajstić information content (AvgIpc) is 2.83. The van der Waals surface area contributed by atoms with Crippen molar-refractivity contribution < 1.29 is 13.2 Å². The molecule has 0 radical (unpaired) electrons. The third-order valence-corrected chi connectivity index (χ3v) is 5.05. The molecular formula is C14H18ClNO3S. The van der Waals surface area contributed by atoms with Gasteiger partial charge in [-0.15, -0.1) is 0 Å². The second-order valence-corrected chi connectivity index (χ2v) is 7.88. The molecule has 0 spiro atoms. The normalized spacial score (nSPS) is 16.3. The monoisotopic (exact) mass is 315 g/mol. The highest BCUT2D eigenvalue weighted by molar-refractivity contribution is 8.13. The SMILES string of the molecule is Cc1cc(S(=O)(=O)Cl)ccc1NC(=O)CC1CCCC1. The summed E-state index contributed by atoms with van der Waals surface area (Å²) in [4.78, 5) is 12.0. The number of hydrogen-bond acceptors (Lipinski definition) is 3. The molecule has 0 heterocycles. The van der Waals surface area contributed by atoms with Crippen LogP contribution in [-0.2, 0) is 13.8 Å². The number of nitrogens with one attached hydrogen (secondary N) is 1. The fraction of sp³-hybridized carbons (Fsp3) is 0.500. The predicted molar refractivity (Wildman–Crippen MR) is 79.4 cm³/mol. The van der Waals surface area contributed by atoms with E-state index in [1.807, 2.05) is 0 Å². The molecule has 0 unspecified atom stereocenters. The van der Waals surface area contributed by atoms with Crippen molar-refractivity contribution in [3.8, 4) is 0 Å². The fourth-order valence-corrected chi connectivity index (χ4v) is 3.44. The zero-order valence-electron chi connectivity index (χ0n) is 11.4. The molecule has 1 aromatic carbocycles. The molecule has 1 amide bonds. The van der Waals surface area contributed by atoms with Crippen molar-refractivity contribution in [1.82, 2.24) is 0 Å². The van der Waals surface area contributed by atoms with Crippen LogP contribution in [0.1, 0.15) is 37.7 Å². The van der Waals surface area contributed by atoms with Crippen molar-refractivity contribution >= 4 is 31.3 Å². The van der Waals surface area contributed by atoms with E-state index in [0.29, 0.717) is 23.6 Å². The lowest BCUT2D eigenvalue weighted by Crippen LogP contribution is -2.15. The van der Waals surface area contributed by atoms with Crippen molar-refractivity contribution in [1.29, 1.82) is 0 Å². The molecule has 1 aliphatic carbocycles. The minimum Gasteiger partial charge on any atom is -0.326 e. The first-order valence-electron chi connectivity index (χ1n) is 6.71. The van der Waals surface area contributed by atoms with E-state index in [1.54, 1.807) is 13.0 Å². The molecule has 0 aromatic heterocycles. The molecule has 110 valence electrons. The first kappa shape index (κ1) is 15.3. The first-order chi connectivity index (χ1) is 9.36. The molecule has 4 nitrogen and oxygen atoms in total. The Hall–Kier alpha value is -1.07. The largest absolute Gasteiger partial charge is 0.326 e. The summed E-state index contributed by atoms with van der Waals surface area (Å²) in [5, 5.41) is 2.84. The predicted octanol–water partition coefficient (Wildman–Crippen LogP) is 3.44. The zero-order valence-corrected chi connectivity index (χ0v) is 12.9. The molecule has 1 aliphatic rings. The van der Waals surface area contributed by atoms with Crippen LogP contribution in [0.25, 0.3) is 0 Å². The topological polar surface area (TPSA) is 63.2 Å². The Balaban J connectivity index is 2.04. The molecule has 1 fully saturated rings. The lowest BCUT2D eigenvalue weighted by molar-refractivity contribution is -0.117. The first-order valence-corrected chi connectivity index (χ1v) is 9.02. The zero-order chi connectivity index (χ0) is 14.8. The number of benzene rings is 1. The standard InChI is InChI=1S/C14H18ClNO3S/c1-10-8-12(20(15,18)19)6-7-13(10)16-14(17)9-11-4-2-3-5-11/h6-8,11H,2-5,9H2,1H3,(H,16,17). The highest BCUT2D eigenvalue weighted by Gasteiger charge is 2.19. The van der Waals surface area contributed by atoms with E-state index in [1.165, 1.54) is 25.0 Å². The molecule has 1 aromatic rings. The maximum Gasteiger partial charge on any atom is 0.261 e. The van der Waals surface area contributed by atoms with Crippen LogP contribution >= 0.6 is 10.7 Å². The Morgan fingerprint density at radius 2 is 2.00 bits per heavy atom. The molecular weight excluding hydrogens is 298 g/mol. The summed E-state index contributed by atoms with van der Waals surface area (Å²) < 4.78 is 22.5. The van der Waals surface area contributed by atoms with E-state index in [9.17, 15) is 13.2 Å². The van der Waals surface area contributed by atoms with Crippen molar-refractivity contribution in [3.05, 3.63) is 23.8 Å². The van der Waals surface area contributed by atoms with Crippen LogP contribution in [0.15, 0.2) is 23.1 Å². The van der Waals surface area contributed by atoms with Gasteiger partial charge in [0.25, 0.3) is 9.05 Å². The summed E-state index contributed by atoms with van der Waals surface area (Å²) in [6.07, 6.45) is 5.19. The van der Waals surface area contributed by atoms with Gasteiger partial charge >= 0.3 is 0 Å². The lowest BCUT2D eigenvalue weighted by atomic mass is 10.0. The van der Waals surface area contributed by atoms with Gasteiger partial charge in [0, 0.05) is 22.8 Å². The molecule has 1 saturated carbocycles. The molecule has 6 heteroatoms. The number of aryl methyl sites for hydroxylation is 1. The van der Waals surface area contributed by atoms with Gasteiger partial charge in [0.1, 0.15) is 0 Å². The Labute approximate surface area is 123 Å². The Morgan fingerprint density at radius 3 is 2.55 bits per heavy atom. The molecule has 0 atom stereocenters. The Morgan fingerprint density at radius 1 is 1.35 bits per heavy atom. The minimum absolute atomic E-state index is 0.0125. The van der Waals surface area contributed by atoms with E-state index in [0.717, 1.165) is 12.8 Å². The fourth-order valence-electron chi connectivity index (χ4n) is 2.61. The van der Waals surface area contributed by atoms with Gasteiger partial charge in [0.2, 0.25) is 5.91 Å². The summed E-state index contributed by atoms with van der Waals surface area (Å²) in [5.41, 5.74) is 1.32. The molecule has 2 rings (SSSR count). The molecule has 1 N–H and O–H groups in total. The summed E-state index contributed by atoms with van der Waals surface area (Å²) in [6, 6.07) is 4.45. The van der Waals surface area contributed by atoms with Gasteiger partial charge in [-0.05, 0) is 49.4 Å². The number of halogens is 1. The number of amides is 1. The van der Waals surface area contributed by atoms with Crippen molar-refractivity contribution in [2.75, 3.05) is 5.32 Å². The van der Waals surface area contributed by atoms with E-state index in [2.05, 4.69) is 5.32 Å². The molecule has 0 aliphatic heterocycles. The van der Waals surface area contributed by atoms with E-state index >= 15 is 0 Å². The van der Waals surface area contributed by atoms with Crippen molar-refractivity contribution in [3.63, 3.8) is 0 Å². The van der Waals surface area contributed by atoms with Gasteiger partial charge in [-0.2, -0.15) is 0 Å². The van der Waals surface area contributed by atoms with Gasteiger partial charge in [0.15, 0.2) is 0 Å². The van der Waals surface area contributed by atoms with Crippen LogP contribution in [-0.4, -0.2) is 14.3 Å². The van der Waals surface area contributed by atoms with Crippen LogP contribution in [0.2, 0.25) is 0 Å². The summed E-state index contributed by atoms with van der Waals surface area (Å²) in [6.45, 7) is 1.75. The van der Waals surface area contributed by atoms with Crippen molar-refractivity contribution in [2.24, 2.45) is 5.92 Å². The summed E-state index contributed by atoms with van der Waals surface area (Å²) >= 11 is 0. The van der Waals surface area contributed by atoms with Crippen LogP contribution in [0.3, 0.4) is 0 Å². The van der Waals surface area contributed by atoms with E-state index in [-0.39, 0.29) is 10.8 Å². The molecule has 0 bridgehead atoms. The quantitative estimate of drug-likeness (QED) is 0.866. The van der Waals surface area contributed by atoms with Crippen LogP contribution in [0.4, 0.5) is 5.69 Å². The molecule has 0 saturated heterocycles. The van der Waals surface area contributed by atoms with E-state index in [4.69, 9.17) is 10.7 Å². The van der Waals surface area contributed by atoms with Gasteiger partial charge in [-0.1, -0.05) is 12.8 Å². The van der Waals surface area contributed by atoms with E-state index < -0.39 is 9.05 Å². The summed E-state index contributed by atoms with van der Waals surface area (Å²) in [5.74, 6) is 0.472. The molecule has 20 heavy (non-hydrogen) atoms. The number of rotatable bonds is 4. The highest BCUT2D eigenvalue weighted by Crippen LogP contribution is 2.28. The third kappa shape index (κ3) is 3.96. The second-order valence-electron chi connectivity index (χ2n) is 5.32. The Bertz CT molecular complexity index is 607. The average molecular weight is 316 g/mol. The van der Waals surface area contributed by atoms with Crippen LogP contribution in [0.5, 0.6) is 0 Å². The Kier molecular flexibility index (Phi) is 4.70. The highest BCUT2D eigenvalue weighted by atomic mass is 35.7. The van der Waals surface area contributed by atoms with Gasteiger partial charge in [-0.25, -0.2) is 8.42 Å². The number of anilines is 1. The van der Waals surface area contributed by atoms with Crippen molar-refractivity contribution in [2.45, 2.75) is 43.9 Å². The number of hydrogen-bond donors (Lipinski definition) is 1. The van der Waals surface area contributed by atoms with Crippen LogP contribution < -0.4 is 5.32 Å². The summed E-state index contributed by atoms with van der Waals surface area (Å²) in [7, 11) is 1.56. The maximum absolute atomic E-state index is 11.9. The number of carbonyl (C=O) groups excluding carboxylic acids is 1. The lowest BCUT2D eigenvalue weighted by Gasteiger charge is -2.12. The maximum atomic E-state index is 11.9. The third-order valence-electron chi connectivity index (χ3n) is 3.70. The van der Waals surface area contributed by atoms with Gasteiger partial charge < -0.3 is 5.32 Å². The smallest absolute Gasteiger partial charge is 0.261 e. The van der Waals surface area contributed by atoms with Gasteiger partial charge in [-0.3, -0.25) is 4.79 Å². The minimum atomic E-state index is -3.73. The van der Waals surface area contributed by atoms with Gasteiger partial charge in [0.05, 0.1) is 4.90 Å². The second kappa shape index (κ2) is 6.14. The number of carbonyl (C=O) groups is 1. The van der Waals surface area contributed by atoms with Crippen LogP contribution in [0, 0.1) is 12.8 Å².